The molecule has 0 bridgehead atoms. The minimum Gasteiger partial charge on any atom is -0.496 e. The van der Waals surface area contributed by atoms with Gasteiger partial charge in [-0.3, -0.25) is 0 Å². The van der Waals surface area contributed by atoms with Gasteiger partial charge in [0.15, 0.2) is 0 Å². The van der Waals surface area contributed by atoms with E-state index in [1.807, 2.05) is 25.1 Å². The van der Waals surface area contributed by atoms with E-state index in [1.54, 1.807) is 7.11 Å². The number of nitrogens with one attached hydrogen (secondary N) is 1. The van der Waals surface area contributed by atoms with Crippen molar-refractivity contribution in [2.24, 2.45) is 5.92 Å². The van der Waals surface area contributed by atoms with Gasteiger partial charge in [-0.25, -0.2) is 0 Å². The molecule has 0 radical (unpaired) electrons. The van der Waals surface area contributed by atoms with E-state index in [-0.39, 0.29) is 6.04 Å². The van der Waals surface area contributed by atoms with Crippen molar-refractivity contribution in [1.29, 1.82) is 0 Å². The lowest BCUT2D eigenvalue weighted by Gasteiger charge is -2.26. The highest BCUT2D eigenvalue weighted by Gasteiger charge is 2.27. The maximum absolute atomic E-state index is 5.47. The molecule has 1 aromatic heterocycles. The number of rotatable bonds is 3. The van der Waals surface area contributed by atoms with Crippen molar-refractivity contribution >= 4 is 0 Å². The van der Waals surface area contributed by atoms with E-state index in [9.17, 15) is 0 Å². The molecule has 112 valence electrons. The summed E-state index contributed by atoms with van der Waals surface area (Å²) >= 11 is 0. The Morgan fingerprint density at radius 1 is 1.38 bits per heavy atom. The molecule has 3 rings (SSSR count). The Morgan fingerprint density at radius 2 is 2.24 bits per heavy atom. The van der Waals surface area contributed by atoms with Gasteiger partial charge < -0.3 is 14.6 Å². The van der Waals surface area contributed by atoms with Crippen molar-refractivity contribution in [3.05, 3.63) is 29.7 Å². The fourth-order valence-electron chi connectivity index (χ4n) is 2.88. The van der Waals surface area contributed by atoms with E-state index in [4.69, 9.17) is 9.26 Å². The first-order chi connectivity index (χ1) is 10.2. The first kappa shape index (κ1) is 14.1. The zero-order chi connectivity index (χ0) is 14.8. The maximum atomic E-state index is 5.47. The molecule has 1 fully saturated rings. The molecular weight excluding hydrogens is 266 g/mol. The summed E-state index contributed by atoms with van der Waals surface area (Å²) in [5, 5.41) is 7.59. The van der Waals surface area contributed by atoms with Crippen LogP contribution in [0.15, 0.2) is 22.7 Å². The van der Waals surface area contributed by atoms with E-state index in [2.05, 4.69) is 22.4 Å². The highest BCUT2D eigenvalue weighted by atomic mass is 16.5. The van der Waals surface area contributed by atoms with Crippen LogP contribution in [0.2, 0.25) is 0 Å². The van der Waals surface area contributed by atoms with Crippen LogP contribution in [0.1, 0.15) is 37.3 Å². The normalized spacial score (nSPS) is 22.2. The molecule has 21 heavy (non-hydrogen) atoms. The van der Waals surface area contributed by atoms with Gasteiger partial charge >= 0.3 is 0 Å². The molecule has 0 spiro atoms. The summed E-state index contributed by atoms with van der Waals surface area (Å²) in [5.41, 5.74) is 2.01. The Labute approximate surface area is 124 Å². The Balaban J connectivity index is 1.86. The van der Waals surface area contributed by atoms with Crippen LogP contribution in [-0.2, 0) is 0 Å². The van der Waals surface area contributed by atoms with Crippen LogP contribution >= 0.6 is 0 Å². The molecule has 1 aromatic carbocycles. The number of benzene rings is 1. The van der Waals surface area contributed by atoms with Crippen molar-refractivity contribution in [1.82, 2.24) is 15.5 Å². The molecule has 2 atom stereocenters. The molecule has 5 heteroatoms. The number of piperidine rings is 1. The molecule has 5 nitrogen and oxygen atoms in total. The molecule has 0 aliphatic carbocycles. The van der Waals surface area contributed by atoms with Crippen molar-refractivity contribution in [3.8, 4) is 17.1 Å². The number of aromatic nitrogens is 2. The minimum absolute atomic E-state index is 0.166. The van der Waals surface area contributed by atoms with Gasteiger partial charge in [-0.1, -0.05) is 12.1 Å². The molecule has 0 amide bonds. The first-order valence-corrected chi connectivity index (χ1v) is 7.41. The second-order valence-electron chi connectivity index (χ2n) is 5.69. The first-order valence-electron chi connectivity index (χ1n) is 7.41. The lowest BCUT2D eigenvalue weighted by atomic mass is 9.93. The Kier molecular flexibility index (Phi) is 3.92. The Hall–Kier alpha value is -1.88. The molecule has 2 heterocycles. The summed E-state index contributed by atoms with van der Waals surface area (Å²) in [6.07, 6.45) is 2.40. The number of hydrogen-bond acceptors (Lipinski definition) is 5. The van der Waals surface area contributed by atoms with Crippen molar-refractivity contribution < 1.29 is 9.26 Å². The molecular formula is C16H21N3O2. The minimum atomic E-state index is 0.166. The van der Waals surface area contributed by atoms with E-state index >= 15 is 0 Å². The molecule has 2 unspecified atom stereocenters. The fourth-order valence-corrected chi connectivity index (χ4v) is 2.88. The van der Waals surface area contributed by atoms with Gasteiger partial charge in [-0.05, 0) is 56.0 Å². The van der Waals surface area contributed by atoms with E-state index < -0.39 is 0 Å². The molecule has 0 saturated carbocycles. The monoisotopic (exact) mass is 287 g/mol. The Morgan fingerprint density at radius 3 is 2.95 bits per heavy atom. The van der Waals surface area contributed by atoms with Crippen LogP contribution in [0.4, 0.5) is 0 Å². The van der Waals surface area contributed by atoms with Crippen LogP contribution in [-0.4, -0.2) is 23.8 Å². The number of methoxy groups -OCH3 is 1. The zero-order valence-corrected chi connectivity index (χ0v) is 12.7. The molecule has 2 aromatic rings. The van der Waals surface area contributed by atoms with Crippen LogP contribution < -0.4 is 10.1 Å². The summed E-state index contributed by atoms with van der Waals surface area (Å²) in [7, 11) is 1.67. The van der Waals surface area contributed by atoms with Crippen LogP contribution in [0.25, 0.3) is 11.4 Å². The third-order valence-corrected chi connectivity index (χ3v) is 4.13. The third kappa shape index (κ3) is 2.78. The predicted molar refractivity (Wildman–Crippen MR) is 80.2 cm³/mol. The number of hydrogen-bond donors (Lipinski definition) is 1. The van der Waals surface area contributed by atoms with Crippen molar-refractivity contribution in [2.45, 2.75) is 32.7 Å². The van der Waals surface area contributed by atoms with Crippen molar-refractivity contribution in [2.75, 3.05) is 13.7 Å². The van der Waals surface area contributed by atoms with Gasteiger partial charge in [0.2, 0.25) is 11.7 Å². The topological polar surface area (TPSA) is 60.2 Å². The summed E-state index contributed by atoms with van der Waals surface area (Å²) in [4.78, 5) is 4.57. The zero-order valence-electron chi connectivity index (χ0n) is 12.7. The van der Waals surface area contributed by atoms with Gasteiger partial charge in [-0.15, -0.1) is 0 Å². The van der Waals surface area contributed by atoms with E-state index in [0.29, 0.717) is 17.6 Å². The standard InChI is InChI=1S/C16H21N3O2/c1-10-5-4-8-17-14(10)16-18-15(19-21-16)12-6-7-13(20-3)11(2)9-12/h6-7,9-10,14,17H,4-5,8H2,1-3H3. The molecule has 1 saturated heterocycles. The van der Waals surface area contributed by atoms with Crippen LogP contribution in [0.5, 0.6) is 5.75 Å². The largest absolute Gasteiger partial charge is 0.496 e. The van der Waals surface area contributed by atoms with Gasteiger partial charge in [0.1, 0.15) is 5.75 Å². The summed E-state index contributed by atoms with van der Waals surface area (Å²) in [6.45, 7) is 5.24. The van der Waals surface area contributed by atoms with Gasteiger partial charge in [0, 0.05) is 5.56 Å². The van der Waals surface area contributed by atoms with Gasteiger partial charge in [0.25, 0.3) is 0 Å². The predicted octanol–water partition coefficient (Wildman–Crippen LogP) is 3.11. The number of ether oxygens (including phenoxy) is 1. The SMILES string of the molecule is COc1ccc(-c2noc(C3NCCCC3C)n2)cc1C. The van der Waals surface area contributed by atoms with E-state index in [1.165, 1.54) is 12.8 Å². The average Bonchev–Trinajstić information content (AvgIpc) is 2.97. The molecule has 1 N–H and O–H groups in total. The van der Waals surface area contributed by atoms with E-state index in [0.717, 1.165) is 23.4 Å². The number of nitrogens with zero attached hydrogens (tertiary/aromatic N) is 2. The summed E-state index contributed by atoms with van der Waals surface area (Å²) < 4.78 is 10.7. The summed E-state index contributed by atoms with van der Waals surface area (Å²) in [5.74, 6) is 2.70. The average molecular weight is 287 g/mol. The highest BCUT2D eigenvalue weighted by molar-refractivity contribution is 5.58. The van der Waals surface area contributed by atoms with Crippen molar-refractivity contribution in [3.63, 3.8) is 0 Å². The second-order valence-corrected chi connectivity index (χ2v) is 5.69. The lowest BCUT2D eigenvalue weighted by Crippen LogP contribution is -2.33. The number of aryl methyl sites for hydroxylation is 1. The van der Waals surface area contributed by atoms with Gasteiger partial charge in [0.05, 0.1) is 13.2 Å². The third-order valence-electron chi connectivity index (χ3n) is 4.13. The summed E-state index contributed by atoms with van der Waals surface area (Å²) in [6, 6.07) is 6.07. The second kappa shape index (κ2) is 5.85. The quantitative estimate of drug-likeness (QED) is 0.940. The van der Waals surface area contributed by atoms with Gasteiger partial charge in [-0.2, -0.15) is 4.98 Å². The fraction of sp³-hybridized carbons (Fsp3) is 0.500. The maximum Gasteiger partial charge on any atom is 0.244 e. The van der Waals surface area contributed by atoms with Crippen LogP contribution in [0, 0.1) is 12.8 Å². The lowest BCUT2D eigenvalue weighted by molar-refractivity contribution is 0.239. The smallest absolute Gasteiger partial charge is 0.244 e. The molecule has 1 aliphatic rings. The van der Waals surface area contributed by atoms with Crippen LogP contribution in [0.3, 0.4) is 0 Å². The molecule has 1 aliphatic heterocycles. The Bertz CT molecular complexity index is 624. The highest BCUT2D eigenvalue weighted by Crippen LogP contribution is 2.30.